The second-order valence-corrected chi connectivity index (χ2v) is 5.84. The van der Waals surface area contributed by atoms with Gasteiger partial charge in [0, 0.05) is 23.1 Å². The Labute approximate surface area is 110 Å². The average Bonchev–Trinajstić information content (AvgIpc) is 2.33. The zero-order chi connectivity index (χ0) is 11.4. The molecule has 0 saturated carbocycles. The van der Waals surface area contributed by atoms with E-state index in [9.17, 15) is 0 Å². The van der Waals surface area contributed by atoms with E-state index in [0.29, 0.717) is 10.7 Å². The summed E-state index contributed by atoms with van der Waals surface area (Å²) < 4.78 is 5.38. The Bertz CT molecular complexity index is 336. The molecule has 0 amide bonds. The second kappa shape index (κ2) is 6.04. The highest BCUT2D eigenvalue weighted by atomic mass is 79.9. The van der Waals surface area contributed by atoms with Crippen LogP contribution in [-0.2, 0) is 11.2 Å². The van der Waals surface area contributed by atoms with Crippen LogP contribution in [0.1, 0.15) is 18.4 Å². The van der Waals surface area contributed by atoms with Crippen molar-refractivity contribution in [2.45, 2.75) is 24.1 Å². The molecule has 88 valence electrons. The predicted octanol–water partition coefficient (Wildman–Crippen LogP) is 4.07. The van der Waals surface area contributed by atoms with Crippen LogP contribution in [0, 0.1) is 5.92 Å². The zero-order valence-corrected chi connectivity index (χ0v) is 11.5. The molecule has 1 aliphatic rings. The minimum Gasteiger partial charge on any atom is -0.381 e. The third-order valence-corrected chi connectivity index (χ3v) is 4.59. The number of hydrogen-bond acceptors (Lipinski definition) is 1. The van der Waals surface area contributed by atoms with E-state index in [1.54, 1.807) is 0 Å². The highest BCUT2D eigenvalue weighted by molar-refractivity contribution is 9.09. The van der Waals surface area contributed by atoms with Gasteiger partial charge in [-0.05, 0) is 36.8 Å². The van der Waals surface area contributed by atoms with Crippen LogP contribution in [0.5, 0.6) is 0 Å². The van der Waals surface area contributed by atoms with Gasteiger partial charge in [0.05, 0.1) is 0 Å². The molecule has 0 spiro atoms. The monoisotopic (exact) mass is 302 g/mol. The molecule has 1 unspecified atom stereocenters. The van der Waals surface area contributed by atoms with Crippen LogP contribution in [0.4, 0.5) is 0 Å². The number of benzene rings is 1. The van der Waals surface area contributed by atoms with Crippen molar-refractivity contribution in [2.24, 2.45) is 5.92 Å². The Morgan fingerprint density at radius 2 is 2.00 bits per heavy atom. The molecule has 1 atom stereocenters. The Balaban J connectivity index is 1.96. The molecule has 0 bridgehead atoms. The molecule has 1 nitrogen and oxygen atoms in total. The third-order valence-electron chi connectivity index (χ3n) is 3.15. The minimum atomic E-state index is 0.510. The van der Waals surface area contributed by atoms with Gasteiger partial charge in [-0.1, -0.05) is 45.7 Å². The van der Waals surface area contributed by atoms with Crippen molar-refractivity contribution in [1.82, 2.24) is 0 Å². The van der Waals surface area contributed by atoms with Gasteiger partial charge in [0.2, 0.25) is 0 Å². The number of rotatable bonds is 3. The van der Waals surface area contributed by atoms with E-state index >= 15 is 0 Å². The molecule has 2 rings (SSSR count). The summed E-state index contributed by atoms with van der Waals surface area (Å²) in [5.74, 6) is 0.713. The standard InChI is InChI=1S/C13H16BrClO/c14-12(10-5-7-16-8-6-10)9-11-3-1-2-4-13(11)15/h1-4,10,12H,5-9H2. The highest BCUT2D eigenvalue weighted by Crippen LogP contribution is 2.28. The first kappa shape index (κ1) is 12.4. The molecular weight excluding hydrogens is 287 g/mol. The summed E-state index contributed by atoms with van der Waals surface area (Å²) in [5.41, 5.74) is 1.23. The Morgan fingerprint density at radius 3 is 2.69 bits per heavy atom. The summed E-state index contributed by atoms with van der Waals surface area (Å²) in [6.45, 7) is 1.80. The van der Waals surface area contributed by atoms with Gasteiger partial charge in [0.15, 0.2) is 0 Å². The van der Waals surface area contributed by atoms with Crippen molar-refractivity contribution in [3.05, 3.63) is 34.9 Å². The lowest BCUT2D eigenvalue weighted by Gasteiger charge is -2.26. The largest absolute Gasteiger partial charge is 0.381 e. The average molecular weight is 304 g/mol. The van der Waals surface area contributed by atoms with Crippen LogP contribution >= 0.6 is 27.5 Å². The summed E-state index contributed by atoms with van der Waals surface area (Å²) >= 11 is 9.96. The third kappa shape index (κ3) is 3.22. The van der Waals surface area contributed by atoms with Gasteiger partial charge in [0.25, 0.3) is 0 Å². The Morgan fingerprint density at radius 1 is 1.31 bits per heavy atom. The van der Waals surface area contributed by atoms with E-state index in [-0.39, 0.29) is 0 Å². The zero-order valence-electron chi connectivity index (χ0n) is 9.16. The van der Waals surface area contributed by atoms with E-state index in [2.05, 4.69) is 22.0 Å². The smallest absolute Gasteiger partial charge is 0.0469 e. The van der Waals surface area contributed by atoms with Gasteiger partial charge in [0.1, 0.15) is 0 Å². The normalized spacial score (nSPS) is 19.6. The van der Waals surface area contributed by atoms with E-state index in [1.165, 1.54) is 5.56 Å². The molecule has 1 heterocycles. The lowest BCUT2D eigenvalue weighted by atomic mass is 9.92. The molecule has 0 N–H and O–H groups in total. The maximum atomic E-state index is 6.16. The molecule has 0 aromatic heterocycles. The van der Waals surface area contributed by atoms with Crippen molar-refractivity contribution in [3.8, 4) is 0 Å². The fraction of sp³-hybridized carbons (Fsp3) is 0.538. The van der Waals surface area contributed by atoms with Crippen molar-refractivity contribution in [1.29, 1.82) is 0 Å². The molecule has 0 aliphatic carbocycles. The molecule has 16 heavy (non-hydrogen) atoms. The molecule has 3 heteroatoms. The van der Waals surface area contributed by atoms with Crippen molar-refractivity contribution in [2.75, 3.05) is 13.2 Å². The second-order valence-electron chi connectivity index (χ2n) is 4.26. The predicted molar refractivity (Wildman–Crippen MR) is 71.4 cm³/mol. The van der Waals surface area contributed by atoms with Crippen LogP contribution in [0.3, 0.4) is 0 Å². The van der Waals surface area contributed by atoms with E-state index in [1.807, 2.05) is 18.2 Å². The number of halogens is 2. The fourth-order valence-electron chi connectivity index (χ4n) is 2.12. The number of alkyl halides is 1. The Kier molecular flexibility index (Phi) is 4.68. The van der Waals surface area contributed by atoms with Gasteiger partial charge >= 0.3 is 0 Å². The van der Waals surface area contributed by atoms with Crippen molar-refractivity contribution in [3.63, 3.8) is 0 Å². The van der Waals surface area contributed by atoms with E-state index < -0.39 is 0 Å². The quantitative estimate of drug-likeness (QED) is 0.765. The van der Waals surface area contributed by atoms with Crippen LogP contribution < -0.4 is 0 Å². The molecule has 1 saturated heterocycles. The Hall–Kier alpha value is -0.0500. The van der Waals surface area contributed by atoms with Crippen molar-refractivity contribution < 1.29 is 4.74 Å². The maximum absolute atomic E-state index is 6.16. The van der Waals surface area contributed by atoms with Gasteiger partial charge in [-0.2, -0.15) is 0 Å². The first-order chi connectivity index (χ1) is 7.77. The van der Waals surface area contributed by atoms with Gasteiger partial charge in [-0.15, -0.1) is 0 Å². The summed E-state index contributed by atoms with van der Waals surface area (Å²) in [7, 11) is 0. The maximum Gasteiger partial charge on any atom is 0.0469 e. The molecule has 1 aromatic carbocycles. The number of hydrogen-bond donors (Lipinski definition) is 0. The topological polar surface area (TPSA) is 9.23 Å². The summed E-state index contributed by atoms with van der Waals surface area (Å²) in [6.07, 6.45) is 3.31. The van der Waals surface area contributed by atoms with E-state index in [0.717, 1.165) is 37.5 Å². The molecule has 1 fully saturated rings. The number of ether oxygens (including phenoxy) is 1. The first-order valence-corrected chi connectivity index (χ1v) is 7.02. The van der Waals surface area contributed by atoms with Crippen LogP contribution in [-0.4, -0.2) is 18.0 Å². The summed E-state index contributed by atoms with van der Waals surface area (Å²) in [5, 5.41) is 0.874. The van der Waals surface area contributed by atoms with Crippen LogP contribution in [0.25, 0.3) is 0 Å². The van der Waals surface area contributed by atoms with E-state index in [4.69, 9.17) is 16.3 Å². The van der Waals surface area contributed by atoms with Gasteiger partial charge in [-0.3, -0.25) is 0 Å². The van der Waals surface area contributed by atoms with Gasteiger partial charge < -0.3 is 4.74 Å². The fourth-order valence-corrected chi connectivity index (χ4v) is 3.21. The van der Waals surface area contributed by atoms with Crippen LogP contribution in [0.2, 0.25) is 5.02 Å². The van der Waals surface area contributed by atoms with Crippen molar-refractivity contribution >= 4 is 27.5 Å². The lowest BCUT2D eigenvalue weighted by Crippen LogP contribution is -2.25. The molecule has 1 aliphatic heterocycles. The molecule has 0 radical (unpaired) electrons. The molecular formula is C13H16BrClO. The van der Waals surface area contributed by atoms with Gasteiger partial charge in [-0.25, -0.2) is 0 Å². The minimum absolute atomic E-state index is 0.510. The molecule has 1 aromatic rings. The lowest BCUT2D eigenvalue weighted by molar-refractivity contribution is 0.0662. The summed E-state index contributed by atoms with van der Waals surface area (Å²) in [4.78, 5) is 0.510. The highest BCUT2D eigenvalue weighted by Gasteiger charge is 2.22. The van der Waals surface area contributed by atoms with Crippen LogP contribution in [0.15, 0.2) is 24.3 Å². The first-order valence-electron chi connectivity index (χ1n) is 5.72. The SMILES string of the molecule is Clc1ccccc1CC(Br)C1CCOCC1. The summed E-state index contributed by atoms with van der Waals surface area (Å²) in [6, 6.07) is 8.09.